The van der Waals surface area contributed by atoms with Gasteiger partial charge >= 0.3 is 0 Å². The number of likely N-dealkylation sites (N-methyl/N-ethyl adjacent to an activating group) is 1. The van der Waals surface area contributed by atoms with Crippen LogP contribution in [-0.2, 0) is 0 Å². The highest BCUT2D eigenvalue weighted by Gasteiger charge is 2.19. The van der Waals surface area contributed by atoms with Crippen LogP contribution in [-0.4, -0.2) is 52.9 Å². The van der Waals surface area contributed by atoms with Crippen LogP contribution in [0.5, 0.6) is 5.75 Å². The lowest BCUT2D eigenvalue weighted by molar-refractivity contribution is 0.0948. The van der Waals surface area contributed by atoms with Crippen molar-refractivity contribution in [3.05, 3.63) is 59.4 Å². The van der Waals surface area contributed by atoms with Crippen molar-refractivity contribution in [3.63, 3.8) is 0 Å². The molecule has 28 heavy (non-hydrogen) atoms. The Bertz CT molecular complexity index is 933. The van der Waals surface area contributed by atoms with Crippen molar-refractivity contribution in [1.82, 2.24) is 25.5 Å². The second-order valence-corrected chi connectivity index (χ2v) is 6.67. The molecule has 0 bridgehead atoms. The second kappa shape index (κ2) is 8.71. The quantitative estimate of drug-likeness (QED) is 0.656. The average molecular weight is 401 g/mol. The highest BCUT2D eigenvalue weighted by Crippen LogP contribution is 2.29. The molecule has 0 aliphatic carbocycles. The van der Waals surface area contributed by atoms with E-state index < -0.39 is 0 Å². The van der Waals surface area contributed by atoms with E-state index in [1.165, 1.54) is 18.1 Å². The van der Waals surface area contributed by atoms with Gasteiger partial charge in [0.25, 0.3) is 5.91 Å². The van der Waals surface area contributed by atoms with Crippen LogP contribution in [0.2, 0.25) is 5.02 Å². The summed E-state index contributed by atoms with van der Waals surface area (Å²) in [6.07, 6.45) is 1.42. The minimum atomic E-state index is -0.268. The first-order chi connectivity index (χ1) is 13.5. The molecule has 1 aromatic heterocycles. The number of methoxy groups -OCH3 is 1. The van der Waals surface area contributed by atoms with Gasteiger partial charge in [0.05, 0.1) is 23.4 Å². The van der Waals surface area contributed by atoms with Crippen LogP contribution in [0.3, 0.4) is 0 Å². The number of halogens is 1. The molecule has 146 valence electrons. The SMILES string of the molecule is COc1cc(-n2cnnn2)c(Cl)cc1C(=O)NC[C@@H](C)N(C)c1ccccc1. The summed E-state index contributed by atoms with van der Waals surface area (Å²) in [4.78, 5) is 14.8. The number of nitrogens with zero attached hydrogens (tertiary/aromatic N) is 5. The highest BCUT2D eigenvalue weighted by atomic mass is 35.5. The van der Waals surface area contributed by atoms with Gasteiger partial charge in [0.2, 0.25) is 0 Å². The van der Waals surface area contributed by atoms with Crippen molar-refractivity contribution in [2.24, 2.45) is 0 Å². The number of aromatic nitrogens is 4. The number of ether oxygens (including phenoxy) is 1. The Hall–Kier alpha value is -3.13. The summed E-state index contributed by atoms with van der Waals surface area (Å²) in [7, 11) is 3.49. The standard InChI is InChI=1S/C19H21ClN6O2/c1-13(25(2)14-7-5-4-6-8-14)11-21-19(27)15-9-16(20)17(10-18(15)28-3)26-12-22-23-24-26/h4-10,12-13H,11H2,1-3H3,(H,21,27)/t13-/m1/s1. The number of benzene rings is 2. The molecule has 8 nitrogen and oxygen atoms in total. The molecule has 3 aromatic rings. The third-order valence-corrected chi connectivity index (χ3v) is 4.79. The molecule has 0 radical (unpaired) electrons. The fourth-order valence-electron chi connectivity index (χ4n) is 2.73. The van der Waals surface area contributed by atoms with Gasteiger partial charge in [-0.2, -0.15) is 4.68 Å². The molecular weight excluding hydrogens is 380 g/mol. The zero-order valence-corrected chi connectivity index (χ0v) is 16.6. The largest absolute Gasteiger partial charge is 0.496 e. The Balaban J connectivity index is 1.73. The number of carbonyl (C=O) groups excluding carboxylic acids is 1. The molecule has 1 amide bonds. The summed E-state index contributed by atoms with van der Waals surface area (Å²) in [5.41, 5.74) is 1.95. The van der Waals surface area contributed by atoms with Crippen LogP contribution in [0.1, 0.15) is 17.3 Å². The van der Waals surface area contributed by atoms with Crippen molar-refractivity contribution in [2.75, 3.05) is 25.6 Å². The van der Waals surface area contributed by atoms with Crippen molar-refractivity contribution in [1.29, 1.82) is 0 Å². The second-order valence-electron chi connectivity index (χ2n) is 6.26. The Morgan fingerprint density at radius 1 is 1.32 bits per heavy atom. The van der Waals surface area contributed by atoms with Gasteiger partial charge in [0.1, 0.15) is 12.1 Å². The molecule has 2 aromatic carbocycles. The lowest BCUT2D eigenvalue weighted by atomic mass is 10.1. The minimum Gasteiger partial charge on any atom is -0.496 e. The number of hydrogen-bond donors (Lipinski definition) is 1. The molecule has 9 heteroatoms. The number of tetrazole rings is 1. The van der Waals surface area contributed by atoms with E-state index in [2.05, 4.69) is 25.7 Å². The first-order valence-electron chi connectivity index (χ1n) is 8.68. The maximum absolute atomic E-state index is 12.7. The van der Waals surface area contributed by atoms with E-state index in [-0.39, 0.29) is 11.9 Å². The molecule has 0 unspecified atom stereocenters. The highest BCUT2D eigenvalue weighted by molar-refractivity contribution is 6.33. The minimum absolute atomic E-state index is 0.0910. The van der Waals surface area contributed by atoms with Crippen LogP contribution in [0.15, 0.2) is 48.8 Å². The van der Waals surface area contributed by atoms with E-state index in [1.807, 2.05) is 44.3 Å². The van der Waals surface area contributed by atoms with Gasteiger partial charge in [-0.1, -0.05) is 29.8 Å². The number of hydrogen-bond acceptors (Lipinski definition) is 6. The summed E-state index contributed by atoms with van der Waals surface area (Å²) < 4.78 is 6.78. The molecule has 0 fully saturated rings. The third-order valence-electron chi connectivity index (χ3n) is 4.49. The van der Waals surface area contributed by atoms with E-state index in [0.717, 1.165) is 5.69 Å². The Kier molecular flexibility index (Phi) is 6.10. The van der Waals surface area contributed by atoms with Crippen molar-refractivity contribution in [3.8, 4) is 11.4 Å². The van der Waals surface area contributed by atoms with Crippen LogP contribution in [0.25, 0.3) is 5.69 Å². The number of para-hydroxylation sites is 1. The zero-order chi connectivity index (χ0) is 20.1. The van der Waals surface area contributed by atoms with Crippen LogP contribution < -0.4 is 15.0 Å². The molecule has 0 aliphatic heterocycles. The van der Waals surface area contributed by atoms with Gasteiger partial charge in [-0.15, -0.1) is 5.10 Å². The fraction of sp³-hybridized carbons (Fsp3) is 0.263. The van der Waals surface area contributed by atoms with Crippen LogP contribution in [0, 0.1) is 0 Å². The van der Waals surface area contributed by atoms with Gasteiger partial charge < -0.3 is 15.0 Å². The Morgan fingerprint density at radius 3 is 2.71 bits per heavy atom. The number of carbonyl (C=O) groups is 1. The van der Waals surface area contributed by atoms with Gasteiger partial charge in [-0.3, -0.25) is 4.79 Å². The van der Waals surface area contributed by atoms with E-state index in [9.17, 15) is 4.79 Å². The number of rotatable bonds is 7. The maximum Gasteiger partial charge on any atom is 0.255 e. The van der Waals surface area contributed by atoms with Crippen LogP contribution in [0.4, 0.5) is 5.69 Å². The summed E-state index contributed by atoms with van der Waals surface area (Å²) >= 11 is 6.33. The molecular formula is C19H21ClN6O2. The molecule has 0 saturated heterocycles. The molecule has 1 N–H and O–H groups in total. The summed E-state index contributed by atoms with van der Waals surface area (Å²) in [5, 5.41) is 14.3. The van der Waals surface area contributed by atoms with Gasteiger partial charge in [0.15, 0.2) is 0 Å². The first kappa shape index (κ1) is 19.6. The van der Waals surface area contributed by atoms with Crippen molar-refractivity contribution >= 4 is 23.2 Å². The molecule has 0 saturated carbocycles. The third kappa shape index (κ3) is 4.23. The normalized spacial score (nSPS) is 11.7. The van der Waals surface area contributed by atoms with Crippen molar-refractivity contribution < 1.29 is 9.53 Å². The predicted octanol–water partition coefficient (Wildman–Crippen LogP) is 2.58. The van der Waals surface area contributed by atoms with E-state index in [4.69, 9.17) is 16.3 Å². The molecule has 1 heterocycles. The Labute approximate surface area is 168 Å². The topological polar surface area (TPSA) is 85.2 Å². The summed E-state index contributed by atoms with van der Waals surface area (Å²) in [5.74, 6) is 0.117. The molecule has 1 atom stereocenters. The molecule has 0 spiro atoms. The zero-order valence-electron chi connectivity index (χ0n) is 15.8. The Morgan fingerprint density at radius 2 is 2.07 bits per heavy atom. The summed E-state index contributed by atoms with van der Waals surface area (Å²) in [6, 6.07) is 13.3. The maximum atomic E-state index is 12.7. The number of nitrogens with one attached hydrogen (secondary N) is 1. The monoisotopic (exact) mass is 400 g/mol. The van der Waals surface area contributed by atoms with Gasteiger partial charge in [-0.05, 0) is 35.5 Å². The van der Waals surface area contributed by atoms with Crippen molar-refractivity contribution in [2.45, 2.75) is 13.0 Å². The van der Waals surface area contributed by atoms with Crippen LogP contribution >= 0.6 is 11.6 Å². The number of amides is 1. The van der Waals surface area contributed by atoms with Gasteiger partial charge in [-0.25, -0.2) is 0 Å². The lowest BCUT2D eigenvalue weighted by Gasteiger charge is -2.27. The molecule has 3 rings (SSSR count). The lowest BCUT2D eigenvalue weighted by Crippen LogP contribution is -2.40. The van der Waals surface area contributed by atoms with E-state index >= 15 is 0 Å². The van der Waals surface area contributed by atoms with Gasteiger partial charge in [0, 0.05) is 31.4 Å². The van der Waals surface area contributed by atoms with E-state index in [1.54, 1.807) is 12.1 Å². The first-order valence-corrected chi connectivity index (χ1v) is 9.06. The van der Waals surface area contributed by atoms with E-state index in [0.29, 0.717) is 28.6 Å². The number of anilines is 1. The molecule has 0 aliphatic rings. The smallest absolute Gasteiger partial charge is 0.255 e. The fourth-order valence-corrected chi connectivity index (χ4v) is 2.98. The predicted molar refractivity (Wildman–Crippen MR) is 107 cm³/mol. The summed E-state index contributed by atoms with van der Waals surface area (Å²) in [6.45, 7) is 2.50. The average Bonchev–Trinajstić information content (AvgIpc) is 3.26.